The quantitative estimate of drug-likeness (QED) is 0.0655. The van der Waals surface area contributed by atoms with Crippen molar-refractivity contribution < 1.29 is 28.6 Å². The fraction of sp³-hybridized carbons (Fsp3) is 0.537. The molecule has 7 heterocycles. The number of hydrogen-bond donors (Lipinski definition) is 1. The summed E-state index contributed by atoms with van der Waals surface area (Å²) in [4.78, 5) is 49.2. The normalized spacial score (nSPS) is 17.4. The number of hydrogen-bond acceptors (Lipinski definition) is 11. The lowest BCUT2D eigenvalue weighted by atomic mass is 9.86. The van der Waals surface area contributed by atoms with E-state index in [1.165, 1.54) is 21.6 Å². The number of nitrogens with one attached hydrogen (secondary N) is 1. The number of unbranched alkanes of at least 4 members (excludes halogenated alkanes) is 2. The van der Waals surface area contributed by atoms with Gasteiger partial charge in [0.2, 0.25) is 17.7 Å². The van der Waals surface area contributed by atoms with Crippen LogP contribution in [0.1, 0.15) is 160 Å². The first kappa shape index (κ1) is 68.4. The lowest BCUT2D eigenvalue weighted by Crippen LogP contribution is -2.52. The molecule has 0 saturated carbocycles. The zero-order valence-electron chi connectivity index (χ0n) is 50.9. The Hall–Kier alpha value is -5.35. The average Bonchev–Trinajstić information content (AvgIpc) is 4.41. The molecule has 10 rings (SSSR count). The summed E-state index contributed by atoms with van der Waals surface area (Å²) in [6.45, 7) is 32.7. The summed E-state index contributed by atoms with van der Waals surface area (Å²) in [6, 6.07) is 22.4. The molecule has 0 radical (unpaired) electrons. The number of aryl methyl sites for hydroxylation is 3. The largest absolute Gasteiger partial charge is 0.448 e. The Morgan fingerprint density at radius 1 is 0.819 bits per heavy atom. The van der Waals surface area contributed by atoms with Gasteiger partial charge in [0.05, 0.1) is 28.9 Å². The summed E-state index contributed by atoms with van der Waals surface area (Å²) < 4.78 is 21.9. The Kier molecular flexibility index (Phi) is 27.5. The molecule has 3 aromatic heterocycles. The van der Waals surface area contributed by atoms with E-state index < -0.39 is 5.79 Å². The van der Waals surface area contributed by atoms with E-state index in [0.29, 0.717) is 55.0 Å². The molecular formula is C67H95Cl2N7O6S. The predicted octanol–water partition coefficient (Wildman–Crippen LogP) is 15.5. The van der Waals surface area contributed by atoms with Crippen molar-refractivity contribution in [3.63, 3.8) is 0 Å². The van der Waals surface area contributed by atoms with Crippen molar-refractivity contribution in [1.29, 1.82) is 0 Å². The standard InChI is InChI=1S/C39H54ClN5O4.C21H19ClN2O2S.3C2H6.CH4/c1-29(2)37(33-10-12-34(40)13-11-33)38(46)44-19-15-39(16-20-44)48-35-14-9-31(24-36(35)49-39)8-4-6-22-47-23-7-5-18-45-28-32(25-42-45)27-43-21-17-41-30(3)26-43;1-11-6-14(22)8-17(13(11)3)16-4-5-23-18-9-15(27-20(16)18)10-24-19(25)7-12(2)21(24)26;3*1-2;/h9-14,24-25,28-30,37,41H,4-8,15-23,26-27H2,1-3H3;4-6,8-9,12H,7,10H2,1-3H3;3*1-2H3;1H4. The molecule has 3 aromatic carbocycles. The van der Waals surface area contributed by atoms with Crippen molar-refractivity contribution >= 4 is 62.5 Å². The number of pyridine rings is 1. The second-order valence-electron chi connectivity index (χ2n) is 21.6. The van der Waals surface area contributed by atoms with E-state index >= 15 is 0 Å². The molecule has 0 aliphatic carbocycles. The van der Waals surface area contributed by atoms with Gasteiger partial charge in [-0.2, -0.15) is 5.10 Å². The molecule has 1 spiro atoms. The molecule has 3 unspecified atom stereocenters. The molecule has 1 N–H and O–H groups in total. The first-order valence-corrected chi connectivity index (χ1v) is 31.8. The number of carbonyl (C=O) groups excluding carboxylic acids is 3. The van der Waals surface area contributed by atoms with E-state index in [4.69, 9.17) is 37.4 Å². The summed E-state index contributed by atoms with van der Waals surface area (Å²) in [7, 11) is 0. The number of piperidine rings is 1. The minimum Gasteiger partial charge on any atom is -0.448 e. The summed E-state index contributed by atoms with van der Waals surface area (Å²) in [5.41, 5.74) is 8.91. The van der Waals surface area contributed by atoms with Gasteiger partial charge in [-0.15, -0.1) is 11.3 Å². The molecule has 6 aromatic rings. The molecule has 3 atom stereocenters. The number of rotatable bonds is 18. The van der Waals surface area contributed by atoms with Crippen LogP contribution in [0.5, 0.6) is 11.5 Å². The van der Waals surface area contributed by atoms with Crippen LogP contribution in [0.2, 0.25) is 10.0 Å². The van der Waals surface area contributed by atoms with E-state index in [9.17, 15) is 14.4 Å². The number of thiophene rings is 1. The Bertz CT molecular complexity index is 2990. The fourth-order valence-corrected chi connectivity index (χ4v) is 12.5. The lowest BCUT2D eigenvalue weighted by Gasteiger charge is -2.39. The fourth-order valence-electron chi connectivity index (χ4n) is 10.9. The van der Waals surface area contributed by atoms with Crippen LogP contribution in [-0.4, -0.2) is 105 Å². The number of piperazine rings is 1. The third-order valence-corrected chi connectivity index (χ3v) is 16.9. The highest BCUT2D eigenvalue weighted by Gasteiger charge is 2.46. The van der Waals surface area contributed by atoms with Gasteiger partial charge in [-0.1, -0.05) is 111 Å². The zero-order chi connectivity index (χ0) is 59.5. The molecule has 4 aliphatic heterocycles. The van der Waals surface area contributed by atoms with Crippen molar-refractivity contribution in [1.82, 2.24) is 34.8 Å². The third kappa shape index (κ3) is 18.3. The summed E-state index contributed by atoms with van der Waals surface area (Å²) in [6.07, 6.45) is 12.8. The van der Waals surface area contributed by atoms with E-state index in [1.54, 1.807) is 24.5 Å². The van der Waals surface area contributed by atoms with Gasteiger partial charge in [-0.05, 0) is 135 Å². The maximum Gasteiger partial charge on any atom is 0.255 e. The highest BCUT2D eigenvalue weighted by atomic mass is 35.5. The van der Waals surface area contributed by atoms with E-state index in [-0.39, 0.29) is 42.9 Å². The lowest BCUT2D eigenvalue weighted by molar-refractivity contribution is -0.148. The second-order valence-corrected chi connectivity index (χ2v) is 23.6. The molecule has 0 bridgehead atoms. The third-order valence-electron chi connectivity index (χ3n) is 15.2. The first-order valence-electron chi connectivity index (χ1n) is 30.2. The summed E-state index contributed by atoms with van der Waals surface area (Å²) in [5.74, 6) is 0.660. The summed E-state index contributed by atoms with van der Waals surface area (Å²) in [5, 5.41) is 9.45. The van der Waals surface area contributed by atoms with Crippen LogP contribution in [0.25, 0.3) is 21.3 Å². The van der Waals surface area contributed by atoms with Gasteiger partial charge in [0.1, 0.15) is 0 Å². The Morgan fingerprint density at radius 2 is 1.52 bits per heavy atom. The smallest absolute Gasteiger partial charge is 0.255 e. The molecule has 16 heteroatoms. The molecule has 3 amide bonds. The molecular weight excluding hydrogens is 1100 g/mol. The SMILES string of the molecule is C.CC.CC.CC.CC1CN(Cc2cnn(CCCCOCCCCc3ccc4c(c3)OC3(CCN(C(=O)C(c5ccc(Cl)cc5)C(C)C)CC3)O4)c2)CCN1.Cc1cc(Cl)cc(-c2ccnc3cc(CN4C(=O)CC(C)C4=O)sc23)c1C. The number of halogens is 2. The highest BCUT2D eigenvalue weighted by Crippen LogP contribution is 2.45. The van der Waals surface area contributed by atoms with Gasteiger partial charge in [0.25, 0.3) is 5.79 Å². The minimum atomic E-state index is -0.692. The number of carbonyl (C=O) groups is 3. The Balaban J connectivity index is 0.000000313. The van der Waals surface area contributed by atoms with Crippen molar-refractivity contribution in [3.05, 3.63) is 128 Å². The van der Waals surface area contributed by atoms with Crippen LogP contribution in [0.3, 0.4) is 0 Å². The van der Waals surface area contributed by atoms with Gasteiger partial charge in [-0.3, -0.25) is 33.8 Å². The monoisotopic (exact) mass is 1200 g/mol. The maximum absolute atomic E-state index is 13.6. The van der Waals surface area contributed by atoms with Crippen molar-refractivity contribution in [3.8, 4) is 22.6 Å². The van der Waals surface area contributed by atoms with Gasteiger partial charge in [-0.25, -0.2) is 0 Å². The number of ether oxygens (including phenoxy) is 3. The molecule has 3 fully saturated rings. The van der Waals surface area contributed by atoms with Gasteiger partial charge < -0.3 is 24.4 Å². The minimum absolute atomic E-state index is 0. The average molecular weight is 1200 g/mol. The number of imide groups is 1. The number of benzene rings is 3. The van der Waals surface area contributed by atoms with Gasteiger partial charge in [0.15, 0.2) is 11.5 Å². The zero-order valence-corrected chi connectivity index (χ0v) is 53.2. The molecule has 13 nitrogen and oxygen atoms in total. The number of aromatic nitrogens is 3. The Labute approximate surface area is 510 Å². The topological polar surface area (TPSA) is 131 Å². The van der Waals surface area contributed by atoms with Crippen LogP contribution >= 0.6 is 34.5 Å². The molecule has 83 heavy (non-hydrogen) atoms. The van der Waals surface area contributed by atoms with Crippen LogP contribution in [0, 0.1) is 25.7 Å². The summed E-state index contributed by atoms with van der Waals surface area (Å²) >= 11 is 14.0. The van der Waals surface area contributed by atoms with Crippen LogP contribution < -0.4 is 14.8 Å². The van der Waals surface area contributed by atoms with Crippen molar-refractivity contribution in [2.24, 2.45) is 11.8 Å². The number of amides is 3. The van der Waals surface area contributed by atoms with Crippen molar-refractivity contribution in [2.75, 3.05) is 45.9 Å². The van der Waals surface area contributed by atoms with Gasteiger partial charge in [0, 0.05) is 129 Å². The van der Waals surface area contributed by atoms with E-state index in [0.717, 1.165) is 127 Å². The van der Waals surface area contributed by atoms with Crippen LogP contribution in [-0.2, 0) is 45.2 Å². The van der Waals surface area contributed by atoms with E-state index in [2.05, 4.69) is 77.9 Å². The second kappa shape index (κ2) is 33.4. The molecule has 4 aliphatic rings. The van der Waals surface area contributed by atoms with E-state index in [1.807, 2.05) is 107 Å². The predicted molar refractivity (Wildman–Crippen MR) is 343 cm³/mol. The molecule has 3 saturated heterocycles. The van der Waals surface area contributed by atoms with Crippen molar-refractivity contribution in [2.45, 2.75) is 179 Å². The molecule has 454 valence electrons. The number of fused-ring (bicyclic) bond motifs is 2. The number of nitrogens with zero attached hydrogens (tertiary/aromatic N) is 6. The number of likely N-dealkylation sites (tertiary alicyclic amines) is 2. The van der Waals surface area contributed by atoms with Gasteiger partial charge >= 0.3 is 0 Å². The first-order chi connectivity index (χ1) is 39.6. The maximum atomic E-state index is 13.6. The highest BCUT2D eigenvalue weighted by molar-refractivity contribution is 7.19. The van der Waals surface area contributed by atoms with Crippen LogP contribution in [0.15, 0.2) is 85.3 Å². The Morgan fingerprint density at radius 3 is 2.19 bits per heavy atom. The van der Waals surface area contributed by atoms with Crippen LogP contribution in [0.4, 0.5) is 0 Å².